The average molecular weight is 312 g/mol. The lowest BCUT2D eigenvalue weighted by atomic mass is 10.1. The molecule has 1 aromatic heterocycles. The Labute approximate surface area is 122 Å². The van der Waals surface area contributed by atoms with Gasteiger partial charge in [-0.25, -0.2) is 17.5 Å². The number of rotatable bonds is 5. The van der Waals surface area contributed by atoms with Gasteiger partial charge < -0.3 is 5.73 Å². The number of halogens is 1. The van der Waals surface area contributed by atoms with Gasteiger partial charge >= 0.3 is 0 Å². The van der Waals surface area contributed by atoms with Gasteiger partial charge in [0.05, 0.1) is 11.1 Å². The second-order valence-corrected chi connectivity index (χ2v) is 6.46. The van der Waals surface area contributed by atoms with E-state index in [1.165, 1.54) is 25.3 Å². The number of aromatic amines is 1. The highest BCUT2D eigenvalue weighted by Crippen LogP contribution is 2.22. The van der Waals surface area contributed by atoms with E-state index < -0.39 is 21.9 Å². The first-order chi connectivity index (χ1) is 9.85. The van der Waals surface area contributed by atoms with Crippen molar-refractivity contribution in [3.63, 3.8) is 0 Å². The molecule has 0 saturated carbocycles. The number of H-pyrrole nitrogens is 1. The van der Waals surface area contributed by atoms with Gasteiger partial charge in [0.15, 0.2) is 0 Å². The zero-order valence-corrected chi connectivity index (χ0v) is 12.5. The highest BCUT2D eigenvalue weighted by molar-refractivity contribution is 7.89. The molecule has 0 radical (unpaired) electrons. The maximum atomic E-state index is 13.8. The largest absolute Gasteiger partial charge is 0.326 e. The van der Waals surface area contributed by atoms with Crippen molar-refractivity contribution < 1.29 is 12.8 Å². The first kappa shape index (κ1) is 15.6. The fraction of sp³-hybridized carbons (Fsp3) is 0.308. The summed E-state index contributed by atoms with van der Waals surface area (Å²) in [4.78, 5) is -0.0988. The lowest BCUT2D eigenvalue weighted by molar-refractivity contribution is 0.561. The standard InChI is InChI=1S/C13H17FN4O2S/c1-8-12(14)3-10(5-15)4-13(8)21(19,20)18-9(2)11-6-16-17-7-11/h3-4,6-7,9,18H,5,15H2,1-2H3,(H,16,17). The van der Waals surface area contributed by atoms with Gasteiger partial charge in [-0.1, -0.05) is 0 Å². The Hall–Kier alpha value is -1.77. The summed E-state index contributed by atoms with van der Waals surface area (Å²) in [6.45, 7) is 3.17. The number of nitrogens with two attached hydrogens (primary N) is 1. The fourth-order valence-electron chi connectivity index (χ4n) is 1.97. The maximum absolute atomic E-state index is 13.8. The van der Waals surface area contributed by atoms with E-state index in [-0.39, 0.29) is 17.0 Å². The monoisotopic (exact) mass is 312 g/mol. The highest BCUT2D eigenvalue weighted by Gasteiger charge is 2.23. The van der Waals surface area contributed by atoms with E-state index in [1.54, 1.807) is 13.1 Å². The van der Waals surface area contributed by atoms with Crippen LogP contribution in [0.4, 0.5) is 4.39 Å². The first-order valence-electron chi connectivity index (χ1n) is 6.35. The van der Waals surface area contributed by atoms with E-state index in [0.29, 0.717) is 11.1 Å². The van der Waals surface area contributed by atoms with Gasteiger partial charge in [0.25, 0.3) is 0 Å². The molecule has 0 fully saturated rings. The summed E-state index contributed by atoms with van der Waals surface area (Å²) in [7, 11) is -3.86. The molecule has 1 aromatic carbocycles. The van der Waals surface area contributed by atoms with E-state index in [2.05, 4.69) is 14.9 Å². The van der Waals surface area contributed by atoms with Gasteiger partial charge in [0, 0.05) is 29.9 Å². The van der Waals surface area contributed by atoms with E-state index in [0.717, 1.165) is 0 Å². The van der Waals surface area contributed by atoms with Crippen molar-refractivity contribution in [3.8, 4) is 0 Å². The van der Waals surface area contributed by atoms with Crippen molar-refractivity contribution in [2.24, 2.45) is 5.73 Å². The fourth-order valence-corrected chi connectivity index (χ4v) is 3.50. The molecule has 0 aliphatic carbocycles. The smallest absolute Gasteiger partial charge is 0.241 e. The van der Waals surface area contributed by atoms with Crippen LogP contribution >= 0.6 is 0 Å². The van der Waals surface area contributed by atoms with E-state index in [9.17, 15) is 12.8 Å². The molecular weight excluding hydrogens is 295 g/mol. The molecule has 0 bridgehead atoms. The van der Waals surface area contributed by atoms with Crippen molar-refractivity contribution >= 4 is 10.0 Å². The summed E-state index contributed by atoms with van der Waals surface area (Å²) in [6.07, 6.45) is 3.12. The SMILES string of the molecule is Cc1c(F)cc(CN)cc1S(=O)(=O)NC(C)c1cn[nH]c1. The third-order valence-corrected chi connectivity index (χ3v) is 4.90. The van der Waals surface area contributed by atoms with Crippen LogP contribution in [0, 0.1) is 12.7 Å². The molecule has 1 atom stereocenters. The normalized spacial score (nSPS) is 13.3. The second kappa shape index (κ2) is 5.92. The molecule has 2 rings (SSSR count). The molecular formula is C13H17FN4O2S. The number of nitrogens with one attached hydrogen (secondary N) is 2. The predicted molar refractivity (Wildman–Crippen MR) is 76.4 cm³/mol. The van der Waals surface area contributed by atoms with Crippen LogP contribution in [0.3, 0.4) is 0 Å². The number of aromatic nitrogens is 2. The van der Waals surface area contributed by atoms with Crippen LogP contribution in [-0.2, 0) is 16.6 Å². The van der Waals surface area contributed by atoms with Crippen molar-refractivity contribution in [1.29, 1.82) is 0 Å². The summed E-state index contributed by atoms with van der Waals surface area (Å²) >= 11 is 0. The predicted octanol–water partition coefficient (Wildman–Crippen LogP) is 1.36. The molecule has 0 spiro atoms. The Balaban J connectivity index is 2.38. The maximum Gasteiger partial charge on any atom is 0.241 e. The van der Waals surface area contributed by atoms with Crippen LogP contribution in [0.5, 0.6) is 0 Å². The number of hydrogen-bond donors (Lipinski definition) is 3. The summed E-state index contributed by atoms with van der Waals surface area (Å²) in [5.74, 6) is -0.589. The van der Waals surface area contributed by atoms with Gasteiger partial charge in [-0.05, 0) is 31.5 Å². The molecule has 2 aromatic rings. The lowest BCUT2D eigenvalue weighted by Gasteiger charge is -2.15. The van der Waals surface area contributed by atoms with Crippen molar-refractivity contribution in [1.82, 2.24) is 14.9 Å². The molecule has 4 N–H and O–H groups in total. The van der Waals surface area contributed by atoms with Gasteiger partial charge in [-0.3, -0.25) is 5.10 Å². The van der Waals surface area contributed by atoms with Crippen molar-refractivity contribution in [3.05, 3.63) is 47.0 Å². The zero-order chi connectivity index (χ0) is 15.6. The number of nitrogens with zero attached hydrogens (tertiary/aromatic N) is 1. The van der Waals surface area contributed by atoms with E-state index in [4.69, 9.17) is 5.73 Å². The quantitative estimate of drug-likeness (QED) is 0.776. The summed E-state index contributed by atoms with van der Waals surface area (Å²) in [6, 6.07) is 2.15. The lowest BCUT2D eigenvalue weighted by Crippen LogP contribution is -2.27. The van der Waals surface area contributed by atoms with Crippen LogP contribution in [0.1, 0.15) is 29.7 Å². The van der Waals surface area contributed by atoms with Crippen molar-refractivity contribution in [2.45, 2.75) is 31.3 Å². The number of benzene rings is 1. The Morgan fingerprint density at radius 2 is 2.19 bits per heavy atom. The molecule has 0 aliphatic rings. The van der Waals surface area contributed by atoms with Crippen LogP contribution in [0.25, 0.3) is 0 Å². The highest BCUT2D eigenvalue weighted by atomic mass is 32.2. The molecule has 21 heavy (non-hydrogen) atoms. The summed E-state index contributed by atoms with van der Waals surface area (Å²) in [5.41, 5.74) is 6.65. The van der Waals surface area contributed by atoms with Gasteiger partial charge in [0.2, 0.25) is 10.0 Å². The van der Waals surface area contributed by atoms with E-state index >= 15 is 0 Å². The minimum absolute atomic E-state index is 0.0665. The summed E-state index contributed by atoms with van der Waals surface area (Å²) in [5, 5.41) is 6.38. The Morgan fingerprint density at radius 1 is 1.48 bits per heavy atom. The number of sulfonamides is 1. The molecule has 8 heteroatoms. The third kappa shape index (κ3) is 3.29. The molecule has 1 unspecified atom stereocenters. The molecule has 6 nitrogen and oxygen atoms in total. The number of hydrogen-bond acceptors (Lipinski definition) is 4. The van der Waals surface area contributed by atoms with Gasteiger partial charge in [-0.15, -0.1) is 0 Å². The second-order valence-electron chi connectivity index (χ2n) is 4.78. The first-order valence-corrected chi connectivity index (χ1v) is 7.83. The minimum atomic E-state index is -3.86. The Morgan fingerprint density at radius 3 is 2.76 bits per heavy atom. The summed E-state index contributed by atoms with van der Waals surface area (Å²) < 4.78 is 41.2. The topological polar surface area (TPSA) is 101 Å². The Bertz CT molecular complexity index is 729. The molecule has 0 amide bonds. The van der Waals surface area contributed by atoms with Gasteiger partial charge in [-0.2, -0.15) is 5.10 Å². The zero-order valence-electron chi connectivity index (χ0n) is 11.7. The van der Waals surface area contributed by atoms with Crippen LogP contribution < -0.4 is 10.5 Å². The Kier molecular flexibility index (Phi) is 4.40. The van der Waals surface area contributed by atoms with Crippen LogP contribution in [-0.4, -0.2) is 18.6 Å². The molecule has 114 valence electrons. The molecule has 1 heterocycles. The van der Waals surface area contributed by atoms with Crippen molar-refractivity contribution in [2.75, 3.05) is 0 Å². The van der Waals surface area contributed by atoms with Crippen LogP contribution in [0.15, 0.2) is 29.4 Å². The third-order valence-electron chi connectivity index (χ3n) is 3.23. The van der Waals surface area contributed by atoms with E-state index in [1.807, 2.05) is 0 Å². The van der Waals surface area contributed by atoms with Crippen LogP contribution in [0.2, 0.25) is 0 Å². The minimum Gasteiger partial charge on any atom is -0.326 e. The van der Waals surface area contributed by atoms with Gasteiger partial charge in [0.1, 0.15) is 5.82 Å². The molecule has 0 saturated heterocycles. The average Bonchev–Trinajstić information content (AvgIpc) is 2.95. The molecule has 0 aliphatic heterocycles.